The van der Waals surface area contributed by atoms with Crippen LogP contribution in [0.4, 0.5) is 22.0 Å². The monoisotopic (exact) mass is 422 g/mol. The van der Waals surface area contributed by atoms with Crippen molar-refractivity contribution in [1.29, 1.82) is 0 Å². The van der Waals surface area contributed by atoms with Gasteiger partial charge in [0.25, 0.3) is 0 Å². The summed E-state index contributed by atoms with van der Waals surface area (Å²) in [5.74, 6) is -2.74. The number of halogens is 5. The third kappa shape index (κ3) is 4.42. The smallest absolute Gasteiger partial charge is 0.406 e. The summed E-state index contributed by atoms with van der Waals surface area (Å²) < 4.78 is 95.3. The third-order valence-electron chi connectivity index (χ3n) is 4.32. The molecule has 11 heteroatoms. The number of alkyl halides is 3. The van der Waals surface area contributed by atoms with Crippen molar-refractivity contribution in [3.05, 3.63) is 59.7 Å². The van der Waals surface area contributed by atoms with Gasteiger partial charge in [-0.05, 0) is 54.9 Å². The van der Waals surface area contributed by atoms with Gasteiger partial charge in [-0.2, -0.15) is 4.72 Å². The van der Waals surface area contributed by atoms with Crippen molar-refractivity contribution in [3.63, 3.8) is 0 Å². The largest absolute Gasteiger partial charge is 0.573 e. The van der Waals surface area contributed by atoms with E-state index < -0.39 is 39.3 Å². The minimum absolute atomic E-state index is 0.132. The molecule has 0 spiro atoms. The van der Waals surface area contributed by atoms with E-state index in [1.54, 1.807) is 0 Å². The highest BCUT2D eigenvalue weighted by atomic mass is 32.2. The normalized spacial score (nSPS) is 20.3. The molecule has 0 bridgehead atoms. The summed E-state index contributed by atoms with van der Waals surface area (Å²) in [5, 5.41) is 2.97. The molecule has 1 atom stereocenters. The molecular weight excluding hydrogens is 407 g/mol. The average Bonchev–Trinajstić information content (AvgIpc) is 3.05. The van der Waals surface area contributed by atoms with Gasteiger partial charge >= 0.3 is 6.36 Å². The van der Waals surface area contributed by atoms with Gasteiger partial charge in [-0.15, -0.1) is 13.2 Å². The molecular formula is C17H15F5N2O3S. The van der Waals surface area contributed by atoms with Crippen molar-refractivity contribution >= 4 is 10.0 Å². The van der Waals surface area contributed by atoms with Crippen LogP contribution in [0, 0.1) is 11.6 Å². The summed E-state index contributed by atoms with van der Waals surface area (Å²) >= 11 is 0. The molecule has 2 aromatic carbocycles. The van der Waals surface area contributed by atoms with Crippen LogP contribution in [-0.4, -0.2) is 27.9 Å². The Labute approximate surface area is 157 Å². The molecule has 152 valence electrons. The van der Waals surface area contributed by atoms with E-state index in [-0.39, 0.29) is 23.4 Å². The second kappa shape index (κ2) is 7.30. The van der Waals surface area contributed by atoms with Crippen LogP contribution in [0.15, 0.2) is 47.4 Å². The molecule has 0 radical (unpaired) electrons. The summed E-state index contributed by atoms with van der Waals surface area (Å²) in [6, 6.07) is 6.79. The number of hydrogen-bond donors (Lipinski definition) is 2. The Morgan fingerprint density at radius 1 is 1.04 bits per heavy atom. The molecule has 1 aliphatic heterocycles. The number of ether oxygens (including phenoxy) is 1. The molecule has 1 fully saturated rings. The van der Waals surface area contributed by atoms with E-state index in [2.05, 4.69) is 14.8 Å². The highest BCUT2D eigenvalue weighted by Gasteiger charge is 2.40. The molecule has 28 heavy (non-hydrogen) atoms. The Kier molecular flexibility index (Phi) is 5.34. The SMILES string of the molecule is O=S(=O)(N[C@]1(c2ccc(F)c(F)c2)CCNC1)c1ccc(OC(F)(F)F)cc1. The Morgan fingerprint density at radius 2 is 1.71 bits per heavy atom. The second-order valence-electron chi connectivity index (χ2n) is 6.26. The lowest BCUT2D eigenvalue weighted by atomic mass is 9.90. The molecule has 0 amide bonds. The average molecular weight is 422 g/mol. The van der Waals surface area contributed by atoms with Crippen LogP contribution in [0.5, 0.6) is 5.75 Å². The molecule has 0 unspecified atom stereocenters. The minimum Gasteiger partial charge on any atom is -0.406 e. The molecule has 5 nitrogen and oxygen atoms in total. The van der Waals surface area contributed by atoms with Crippen LogP contribution in [0.2, 0.25) is 0 Å². The lowest BCUT2D eigenvalue weighted by molar-refractivity contribution is -0.274. The number of sulfonamides is 1. The van der Waals surface area contributed by atoms with Crippen molar-refractivity contribution in [3.8, 4) is 5.75 Å². The van der Waals surface area contributed by atoms with E-state index in [4.69, 9.17) is 0 Å². The maximum atomic E-state index is 13.7. The predicted octanol–water partition coefficient (Wildman–Crippen LogP) is 3.03. The van der Waals surface area contributed by atoms with E-state index in [1.807, 2.05) is 0 Å². The van der Waals surface area contributed by atoms with E-state index >= 15 is 0 Å². The summed E-state index contributed by atoms with van der Waals surface area (Å²) in [6.45, 7) is 0.562. The highest BCUT2D eigenvalue weighted by molar-refractivity contribution is 7.89. The van der Waals surface area contributed by atoms with Crippen LogP contribution in [0.25, 0.3) is 0 Å². The zero-order valence-corrected chi connectivity index (χ0v) is 15.0. The summed E-state index contributed by atoms with van der Waals surface area (Å²) in [4.78, 5) is -0.295. The van der Waals surface area contributed by atoms with Crippen molar-refractivity contribution in [1.82, 2.24) is 10.0 Å². The topological polar surface area (TPSA) is 67.4 Å². The number of rotatable bonds is 5. The maximum Gasteiger partial charge on any atom is 0.573 e. The molecule has 1 saturated heterocycles. The minimum atomic E-state index is -4.90. The van der Waals surface area contributed by atoms with Crippen molar-refractivity contribution in [2.75, 3.05) is 13.1 Å². The highest BCUT2D eigenvalue weighted by Crippen LogP contribution is 2.32. The maximum absolute atomic E-state index is 13.7. The van der Waals surface area contributed by atoms with E-state index in [9.17, 15) is 30.4 Å². The van der Waals surface area contributed by atoms with E-state index in [0.717, 1.165) is 36.4 Å². The van der Waals surface area contributed by atoms with Gasteiger partial charge in [0.15, 0.2) is 11.6 Å². The molecule has 1 heterocycles. The number of hydrogen-bond acceptors (Lipinski definition) is 4. The van der Waals surface area contributed by atoms with Gasteiger partial charge in [0.2, 0.25) is 10.0 Å². The Morgan fingerprint density at radius 3 is 2.25 bits per heavy atom. The summed E-state index contributed by atoms with van der Waals surface area (Å²) in [5.41, 5.74) is -0.994. The van der Waals surface area contributed by atoms with Crippen molar-refractivity contribution in [2.24, 2.45) is 0 Å². The van der Waals surface area contributed by atoms with Gasteiger partial charge in [-0.3, -0.25) is 0 Å². The first kappa shape index (κ1) is 20.5. The second-order valence-corrected chi connectivity index (χ2v) is 7.94. The molecule has 0 saturated carbocycles. The number of nitrogens with one attached hydrogen (secondary N) is 2. The van der Waals surface area contributed by atoms with Gasteiger partial charge < -0.3 is 10.1 Å². The summed E-state index contributed by atoms with van der Waals surface area (Å²) in [7, 11) is -4.18. The standard InChI is InChI=1S/C17H15F5N2O3S/c18-14-6-1-11(9-15(14)19)16(7-8-23-10-16)24-28(25,26)13-4-2-12(3-5-13)27-17(20,21)22/h1-6,9,23-24H,7-8,10H2/t16-/m1/s1. The van der Waals surface area contributed by atoms with Crippen LogP contribution in [0.1, 0.15) is 12.0 Å². The fraction of sp³-hybridized carbons (Fsp3) is 0.294. The summed E-state index contributed by atoms with van der Waals surface area (Å²) in [6.07, 6.45) is -4.63. The Hall–Kier alpha value is -2.24. The van der Waals surface area contributed by atoms with Gasteiger partial charge in [-0.1, -0.05) is 6.07 Å². The third-order valence-corrected chi connectivity index (χ3v) is 5.88. The zero-order valence-electron chi connectivity index (χ0n) is 14.2. The number of benzene rings is 2. The van der Waals surface area contributed by atoms with Crippen molar-refractivity contribution < 1.29 is 35.1 Å². The molecule has 2 aromatic rings. The van der Waals surface area contributed by atoms with Crippen LogP contribution in [-0.2, 0) is 15.6 Å². The van der Waals surface area contributed by atoms with Crippen LogP contribution < -0.4 is 14.8 Å². The van der Waals surface area contributed by atoms with Crippen LogP contribution in [0.3, 0.4) is 0 Å². The van der Waals surface area contributed by atoms with Gasteiger partial charge in [-0.25, -0.2) is 17.2 Å². The fourth-order valence-corrected chi connectivity index (χ4v) is 4.43. The van der Waals surface area contributed by atoms with Crippen LogP contribution >= 0.6 is 0 Å². The first-order chi connectivity index (χ1) is 13.0. The van der Waals surface area contributed by atoms with Crippen molar-refractivity contribution in [2.45, 2.75) is 23.2 Å². The van der Waals surface area contributed by atoms with E-state index in [0.29, 0.717) is 6.54 Å². The first-order valence-corrected chi connectivity index (χ1v) is 9.55. The first-order valence-electron chi connectivity index (χ1n) is 8.07. The van der Waals surface area contributed by atoms with Gasteiger partial charge in [0.1, 0.15) is 5.75 Å². The fourth-order valence-electron chi connectivity index (χ4n) is 3.01. The Balaban J connectivity index is 1.89. The molecule has 1 aliphatic rings. The lowest BCUT2D eigenvalue weighted by Gasteiger charge is -2.30. The molecule has 0 aliphatic carbocycles. The molecule has 3 rings (SSSR count). The van der Waals surface area contributed by atoms with Gasteiger partial charge in [0.05, 0.1) is 10.4 Å². The lowest BCUT2D eigenvalue weighted by Crippen LogP contribution is -2.47. The quantitative estimate of drug-likeness (QED) is 0.727. The molecule has 2 N–H and O–H groups in total. The molecule has 0 aromatic heterocycles. The Bertz CT molecular complexity index is 956. The predicted molar refractivity (Wildman–Crippen MR) is 89.0 cm³/mol. The zero-order chi connectivity index (χ0) is 20.6. The van der Waals surface area contributed by atoms with Gasteiger partial charge in [0, 0.05) is 6.54 Å². The van der Waals surface area contributed by atoms with E-state index in [1.165, 1.54) is 6.07 Å².